The maximum Gasteiger partial charge on any atom is 0.273 e. The van der Waals surface area contributed by atoms with Crippen LogP contribution in [0.15, 0.2) is 21.9 Å². The number of hydrogen-bond acceptors (Lipinski definition) is 5. The molecule has 0 unspecified atom stereocenters. The zero-order valence-corrected chi connectivity index (χ0v) is 11.8. The molecule has 0 spiro atoms. The molecular formula is C13H16N2O3S. The summed E-state index contributed by atoms with van der Waals surface area (Å²) in [6.45, 7) is 2.93. The Hall–Kier alpha value is -1.66. The second-order valence-electron chi connectivity index (χ2n) is 4.00. The van der Waals surface area contributed by atoms with Gasteiger partial charge in [0.05, 0.1) is 4.88 Å². The number of oxazole rings is 1. The Morgan fingerprint density at radius 1 is 1.58 bits per heavy atom. The number of nitrogens with one attached hydrogen (secondary N) is 1. The smallest absolute Gasteiger partial charge is 0.273 e. The van der Waals surface area contributed by atoms with Gasteiger partial charge in [0.15, 0.2) is 5.69 Å². The van der Waals surface area contributed by atoms with E-state index in [0.29, 0.717) is 30.5 Å². The minimum absolute atomic E-state index is 0.208. The summed E-state index contributed by atoms with van der Waals surface area (Å²) < 4.78 is 10.4. The summed E-state index contributed by atoms with van der Waals surface area (Å²) >= 11 is 1.53. The first-order chi connectivity index (χ1) is 9.22. The highest BCUT2D eigenvalue weighted by Crippen LogP contribution is 2.25. The molecular weight excluding hydrogens is 264 g/mol. The number of nitrogens with zero attached hydrogens (tertiary/aromatic N) is 1. The molecule has 19 heavy (non-hydrogen) atoms. The number of amides is 1. The van der Waals surface area contributed by atoms with Crippen LogP contribution in [0.2, 0.25) is 0 Å². The number of carbonyl (C=O) groups is 1. The average Bonchev–Trinajstić information content (AvgIpc) is 3.03. The fourth-order valence-electron chi connectivity index (χ4n) is 1.61. The van der Waals surface area contributed by atoms with Gasteiger partial charge in [0.2, 0.25) is 5.89 Å². The number of methoxy groups -OCH3 is 1. The number of aromatic nitrogens is 1. The maximum absolute atomic E-state index is 11.9. The van der Waals surface area contributed by atoms with E-state index >= 15 is 0 Å². The Bertz CT molecular complexity index is 534. The number of thiophene rings is 1. The Labute approximate surface area is 115 Å². The molecule has 1 amide bonds. The van der Waals surface area contributed by atoms with Gasteiger partial charge in [0.1, 0.15) is 5.76 Å². The summed E-state index contributed by atoms with van der Waals surface area (Å²) in [7, 11) is 1.64. The average molecular weight is 280 g/mol. The summed E-state index contributed by atoms with van der Waals surface area (Å²) in [4.78, 5) is 17.1. The molecule has 0 bridgehead atoms. The van der Waals surface area contributed by atoms with Crippen molar-refractivity contribution in [1.29, 1.82) is 0 Å². The first kappa shape index (κ1) is 13.8. The monoisotopic (exact) mass is 280 g/mol. The lowest BCUT2D eigenvalue weighted by atomic mass is 10.3. The van der Waals surface area contributed by atoms with Crippen LogP contribution in [0.1, 0.15) is 22.7 Å². The maximum atomic E-state index is 11.9. The van der Waals surface area contributed by atoms with Crippen molar-refractivity contribution >= 4 is 17.2 Å². The zero-order valence-electron chi connectivity index (χ0n) is 10.9. The number of aryl methyl sites for hydroxylation is 1. The van der Waals surface area contributed by atoms with Gasteiger partial charge in [-0.1, -0.05) is 6.07 Å². The topological polar surface area (TPSA) is 64.4 Å². The summed E-state index contributed by atoms with van der Waals surface area (Å²) in [6.07, 6.45) is 0.775. The van der Waals surface area contributed by atoms with Gasteiger partial charge < -0.3 is 14.5 Å². The highest BCUT2D eigenvalue weighted by atomic mass is 32.1. The van der Waals surface area contributed by atoms with Crippen LogP contribution in [0.3, 0.4) is 0 Å². The van der Waals surface area contributed by atoms with Gasteiger partial charge in [0, 0.05) is 20.3 Å². The van der Waals surface area contributed by atoms with E-state index in [4.69, 9.17) is 9.15 Å². The largest absolute Gasteiger partial charge is 0.440 e. The van der Waals surface area contributed by atoms with Crippen molar-refractivity contribution in [3.8, 4) is 10.8 Å². The summed E-state index contributed by atoms with van der Waals surface area (Å²) in [5.41, 5.74) is 0.348. The molecule has 2 aromatic heterocycles. The Morgan fingerprint density at radius 3 is 3.11 bits per heavy atom. The van der Waals surface area contributed by atoms with Crippen LogP contribution >= 0.6 is 11.3 Å². The third-order valence-corrected chi connectivity index (χ3v) is 3.41. The van der Waals surface area contributed by atoms with Crippen LogP contribution in [-0.2, 0) is 4.74 Å². The molecule has 102 valence electrons. The van der Waals surface area contributed by atoms with Crippen LogP contribution in [0.25, 0.3) is 10.8 Å². The predicted octanol–water partition coefficient (Wildman–Crippen LogP) is 2.48. The van der Waals surface area contributed by atoms with Crippen molar-refractivity contribution in [3.63, 3.8) is 0 Å². The minimum Gasteiger partial charge on any atom is -0.440 e. The molecule has 0 radical (unpaired) electrons. The molecule has 6 heteroatoms. The third kappa shape index (κ3) is 3.42. The number of ether oxygens (including phenoxy) is 1. The highest BCUT2D eigenvalue weighted by Gasteiger charge is 2.17. The van der Waals surface area contributed by atoms with Crippen LogP contribution in [0.4, 0.5) is 0 Å². The summed E-state index contributed by atoms with van der Waals surface area (Å²) in [5.74, 6) is 0.822. The summed E-state index contributed by atoms with van der Waals surface area (Å²) in [5, 5.41) is 4.74. The van der Waals surface area contributed by atoms with Crippen molar-refractivity contribution in [3.05, 3.63) is 29.0 Å². The molecule has 1 N–H and O–H groups in total. The van der Waals surface area contributed by atoms with Crippen molar-refractivity contribution in [2.24, 2.45) is 0 Å². The van der Waals surface area contributed by atoms with Crippen LogP contribution in [0.5, 0.6) is 0 Å². The van der Waals surface area contributed by atoms with Gasteiger partial charge in [-0.2, -0.15) is 0 Å². The number of carbonyl (C=O) groups excluding carboxylic acids is 1. The quantitative estimate of drug-likeness (QED) is 0.826. The fraction of sp³-hybridized carbons (Fsp3) is 0.385. The number of hydrogen-bond donors (Lipinski definition) is 1. The lowest BCUT2D eigenvalue weighted by Crippen LogP contribution is -2.26. The SMILES string of the molecule is COCCCNC(=O)c1nc(-c2cccs2)oc1C. The van der Waals surface area contributed by atoms with Crippen molar-refractivity contribution in [1.82, 2.24) is 10.3 Å². The lowest BCUT2D eigenvalue weighted by molar-refractivity contribution is 0.0943. The lowest BCUT2D eigenvalue weighted by Gasteiger charge is -2.02. The van der Waals surface area contributed by atoms with E-state index in [1.54, 1.807) is 14.0 Å². The van der Waals surface area contributed by atoms with Crippen molar-refractivity contribution in [2.75, 3.05) is 20.3 Å². The molecule has 2 aromatic rings. The first-order valence-corrected chi connectivity index (χ1v) is 6.88. The van der Waals surface area contributed by atoms with E-state index in [9.17, 15) is 4.79 Å². The molecule has 5 nitrogen and oxygen atoms in total. The van der Waals surface area contributed by atoms with Crippen molar-refractivity contribution < 1.29 is 13.9 Å². The van der Waals surface area contributed by atoms with E-state index in [1.807, 2.05) is 17.5 Å². The predicted molar refractivity (Wildman–Crippen MR) is 73.4 cm³/mol. The van der Waals surface area contributed by atoms with Gasteiger partial charge in [-0.15, -0.1) is 11.3 Å². The van der Waals surface area contributed by atoms with E-state index in [0.717, 1.165) is 11.3 Å². The van der Waals surface area contributed by atoms with Gasteiger partial charge in [-0.05, 0) is 24.8 Å². The first-order valence-electron chi connectivity index (χ1n) is 6.01. The molecule has 0 aliphatic heterocycles. The second kappa shape index (κ2) is 6.49. The molecule has 2 heterocycles. The standard InChI is InChI=1S/C13H16N2O3S/c1-9-11(12(16)14-6-4-7-17-2)15-13(18-9)10-5-3-8-19-10/h3,5,8H,4,6-7H2,1-2H3,(H,14,16). The Kier molecular flexibility index (Phi) is 4.70. The third-order valence-electron chi connectivity index (χ3n) is 2.55. The second-order valence-corrected chi connectivity index (χ2v) is 4.95. The van der Waals surface area contributed by atoms with E-state index in [-0.39, 0.29) is 5.91 Å². The van der Waals surface area contributed by atoms with Gasteiger partial charge in [0.25, 0.3) is 5.91 Å². The molecule has 0 aliphatic rings. The molecule has 2 rings (SSSR count). The fourth-order valence-corrected chi connectivity index (χ4v) is 2.26. The molecule has 0 atom stereocenters. The van der Waals surface area contributed by atoms with E-state index in [1.165, 1.54) is 11.3 Å². The van der Waals surface area contributed by atoms with E-state index in [2.05, 4.69) is 10.3 Å². The van der Waals surface area contributed by atoms with Crippen molar-refractivity contribution in [2.45, 2.75) is 13.3 Å². The van der Waals surface area contributed by atoms with Crippen LogP contribution < -0.4 is 5.32 Å². The molecule has 0 aromatic carbocycles. The molecule has 0 aliphatic carbocycles. The summed E-state index contributed by atoms with van der Waals surface area (Å²) in [6, 6.07) is 3.83. The highest BCUT2D eigenvalue weighted by molar-refractivity contribution is 7.13. The molecule has 0 fully saturated rings. The normalized spacial score (nSPS) is 10.6. The molecule has 0 saturated carbocycles. The van der Waals surface area contributed by atoms with Gasteiger partial charge in [-0.25, -0.2) is 4.98 Å². The minimum atomic E-state index is -0.208. The Morgan fingerprint density at radius 2 is 2.42 bits per heavy atom. The van der Waals surface area contributed by atoms with Gasteiger partial charge in [-0.3, -0.25) is 4.79 Å². The Balaban J connectivity index is 2.02. The van der Waals surface area contributed by atoms with Crippen LogP contribution in [-0.4, -0.2) is 31.2 Å². The number of rotatable bonds is 6. The van der Waals surface area contributed by atoms with Gasteiger partial charge >= 0.3 is 0 Å². The zero-order chi connectivity index (χ0) is 13.7. The molecule has 0 saturated heterocycles. The van der Waals surface area contributed by atoms with E-state index < -0.39 is 0 Å². The van der Waals surface area contributed by atoms with Crippen LogP contribution in [0, 0.1) is 6.92 Å².